The van der Waals surface area contributed by atoms with Crippen LogP contribution in [0.15, 0.2) is 23.0 Å². The lowest BCUT2D eigenvalue weighted by atomic mass is 10.1. The summed E-state index contributed by atoms with van der Waals surface area (Å²) < 4.78 is 10.4. The van der Waals surface area contributed by atoms with Gasteiger partial charge in [0.2, 0.25) is 0 Å². The molecule has 0 fully saturated rings. The van der Waals surface area contributed by atoms with Gasteiger partial charge in [-0.3, -0.25) is 4.79 Å². The van der Waals surface area contributed by atoms with E-state index in [1.807, 2.05) is 6.92 Å². The van der Waals surface area contributed by atoms with Crippen LogP contribution in [0.3, 0.4) is 0 Å². The van der Waals surface area contributed by atoms with Crippen LogP contribution in [0.25, 0.3) is 11.4 Å². The third kappa shape index (κ3) is 2.45. The van der Waals surface area contributed by atoms with Gasteiger partial charge in [0.1, 0.15) is 11.6 Å². The fourth-order valence-electron chi connectivity index (χ4n) is 1.98. The molecule has 6 heteroatoms. The Morgan fingerprint density at radius 3 is 2.50 bits per heavy atom. The predicted octanol–water partition coefficient (Wildman–Crippen LogP) is 1.60. The summed E-state index contributed by atoms with van der Waals surface area (Å²) in [6.45, 7) is 1.86. The molecule has 1 aromatic heterocycles. The number of hydrogen-bond acceptors (Lipinski definition) is 5. The van der Waals surface area contributed by atoms with Crippen molar-refractivity contribution >= 4 is 5.82 Å². The monoisotopic (exact) mass is 275 g/mol. The van der Waals surface area contributed by atoms with Crippen molar-refractivity contribution in [2.45, 2.75) is 13.3 Å². The van der Waals surface area contributed by atoms with Crippen LogP contribution < -0.4 is 20.8 Å². The van der Waals surface area contributed by atoms with Gasteiger partial charge < -0.3 is 20.2 Å². The summed E-state index contributed by atoms with van der Waals surface area (Å²) in [5.41, 5.74) is 6.79. The summed E-state index contributed by atoms with van der Waals surface area (Å²) in [6.07, 6.45) is 0.542. The normalized spacial score (nSPS) is 10.3. The van der Waals surface area contributed by atoms with Crippen LogP contribution in [0.1, 0.15) is 12.5 Å². The highest BCUT2D eigenvalue weighted by molar-refractivity contribution is 5.62. The molecule has 0 aliphatic carbocycles. The van der Waals surface area contributed by atoms with Crippen LogP contribution in [0.4, 0.5) is 5.82 Å². The number of aromatic amines is 1. The molecule has 3 N–H and O–H groups in total. The van der Waals surface area contributed by atoms with E-state index < -0.39 is 0 Å². The first-order valence-electron chi connectivity index (χ1n) is 6.21. The van der Waals surface area contributed by atoms with E-state index in [2.05, 4.69) is 9.97 Å². The molecule has 0 spiro atoms. The van der Waals surface area contributed by atoms with Crippen LogP contribution in [-0.2, 0) is 6.42 Å². The van der Waals surface area contributed by atoms with Gasteiger partial charge in [-0.25, -0.2) is 4.98 Å². The minimum atomic E-state index is -0.218. The number of anilines is 1. The lowest BCUT2D eigenvalue weighted by Gasteiger charge is -2.10. The van der Waals surface area contributed by atoms with Crippen LogP contribution >= 0.6 is 0 Å². The maximum Gasteiger partial charge on any atom is 0.256 e. The van der Waals surface area contributed by atoms with Crippen molar-refractivity contribution in [3.63, 3.8) is 0 Å². The Balaban J connectivity index is 2.54. The molecule has 0 bridgehead atoms. The molecular formula is C14H17N3O3. The molecule has 106 valence electrons. The van der Waals surface area contributed by atoms with Gasteiger partial charge in [0, 0.05) is 5.56 Å². The first kappa shape index (κ1) is 13.9. The van der Waals surface area contributed by atoms with Crippen molar-refractivity contribution in [3.05, 3.63) is 34.1 Å². The van der Waals surface area contributed by atoms with Crippen molar-refractivity contribution in [2.75, 3.05) is 20.0 Å². The number of hydrogen-bond donors (Lipinski definition) is 2. The van der Waals surface area contributed by atoms with Crippen LogP contribution in [0.5, 0.6) is 11.5 Å². The summed E-state index contributed by atoms with van der Waals surface area (Å²) in [5, 5.41) is 0. The molecule has 0 aliphatic heterocycles. The molecule has 2 aromatic rings. The second-order valence-electron chi connectivity index (χ2n) is 4.20. The van der Waals surface area contributed by atoms with Gasteiger partial charge in [-0.2, -0.15) is 0 Å². The zero-order valence-corrected chi connectivity index (χ0v) is 11.7. The van der Waals surface area contributed by atoms with E-state index in [9.17, 15) is 4.79 Å². The number of nitrogens with two attached hydrogens (primary N) is 1. The second kappa shape index (κ2) is 5.64. The molecule has 2 rings (SSSR count). The third-order valence-corrected chi connectivity index (χ3v) is 3.06. The Hall–Kier alpha value is -2.50. The van der Waals surface area contributed by atoms with Crippen LogP contribution in [-0.4, -0.2) is 24.2 Å². The van der Waals surface area contributed by atoms with E-state index in [1.54, 1.807) is 32.4 Å². The van der Waals surface area contributed by atoms with E-state index >= 15 is 0 Å². The molecule has 0 saturated heterocycles. The van der Waals surface area contributed by atoms with Gasteiger partial charge in [0.15, 0.2) is 11.5 Å². The third-order valence-electron chi connectivity index (χ3n) is 3.06. The Kier molecular flexibility index (Phi) is 3.93. The van der Waals surface area contributed by atoms with Crippen LogP contribution in [0, 0.1) is 0 Å². The Morgan fingerprint density at radius 2 is 1.95 bits per heavy atom. The lowest BCUT2D eigenvalue weighted by molar-refractivity contribution is 0.355. The Morgan fingerprint density at radius 1 is 1.25 bits per heavy atom. The molecule has 0 atom stereocenters. The molecule has 6 nitrogen and oxygen atoms in total. The SMILES string of the molecule is CCc1c(N)nc(-c2ccc(OC)c(OC)c2)[nH]c1=O. The van der Waals surface area contributed by atoms with Gasteiger partial charge in [0.05, 0.1) is 19.8 Å². The van der Waals surface area contributed by atoms with E-state index in [0.717, 1.165) is 0 Å². The van der Waals surface area contributed by atoms with Gasteiger partial charge in [-0.1, -0.05) is 6.92 Å². The van der Waals surface area contributed by atoms with Crippen molar-refractivity contribution in [1.82, 2.24) is 9.97 Å². The second-order valence-corrected chi connectivity index (χ2v) is 4.20. The number of H-pyrrole nitrogens is 1. The average Bonchev–Trinajstić information content (AvgIpc) is 2.46. The summed E-state index contributed by atoms with van der Waals surface area (Å²) in [5.74, 6) is 1.83. The van der Waals surface area contributed by atoms with Crippen molar-refractivity contribution < 1.29 is 9.47 Å². The van der Waals surface area contributed by atoms with Crippen molar-refractivity contribution in [2.24, 2.45) is 0 Å². The molecule has 0 aliphatic rings. The van der Waals surface area contributed by atoms with E-state index in [0.29, 0.717) is 34.9 Å². The van der Waals surface area contributed by atoms with E-state index in [1.165, 1.54) is 0 Å². The Labute approximate surface area is 116 Å². The molecule has 0 amide bonds. The topological polar surface area (TPSA) is 90.2 Å². The minimum Gasteiger partial charge on any atom is -0.493 e. The minimum absolute atomic E-state index is 0.218. The van der Waals surface area contributed by atoms with E-state index in [-0.39, 0.29) is 11.4 Å². The summed E-state index contributed by atoms with van der Waals surface area (Å²) in [6, 6.07) is 5.27. The maximum atomic E-state index is 11.9. The quantitative estimate of drug-likeness (QED) is 0.884. The largest absolute Gasteiger partial charge is 0.493 e. The summed E-state index contributed by atoms with van der Waals surface area (Å²) in [4.78, 5) is 18.9. The number of methoxy groups -OCH3 is 2. The highest BCUT2D eigenvalue weighted by atomic mass is 16.5. The smallest absolute Gasteiger partial charge is 0.256 e. The maximum absolute atomic E-state index is 11.9. The standard InChI is InChI=1S/C14H17N3O3/c1-4-9-12(15)16-13(17-14(9)18)8-5-6-10(19-2)11(7-8)20-3/h5-7H,4H2,1-3H3,(H3,15,16,17,18). The van der Waals surface area contributed by atoms with Gasteiger partial charge in [-0.05, 0) is 24.6 Å². The number of nitrogens with zero attached hydrogens (tertiary/aromatic N) is 1. The fourth-order valence-corrected chi connectivity index (χ4v) is 1.98. The highest BCUT2D eigenvalue weighted by Crippen LogP contribution is 2.30. The summed E-state index contributed by atoms with van der Waals surface area (Å²) >= 11 is 0. The number of nitrogens with one attached hydrogen (secondary N) is 1. The molecule has 0 saturated carbocycles. The van der Waals surface area contributed by atoms with Gasteiger partial charge in [0.25, 0.3) is 5.56 Å². The zero-order valence-electron chi connectivity index (χ0n) is 11.7. The number of rotatable bonds is 4. The fraction of sp³-hybridized carbons (Fsp3) is 0.286. The Bertz CT molecular complexity index is 680. The summed E-state index contributed by atoms with van der Waals surface area (Å²) in [7, 11) is 3.11. The van der Waals surface area contributed by atoms with Gasteiger partial charge in [-0.15, -0.1) is 0 Å². The van der Waals surface area contributed by atoms with E-state index in [4.69, 9.17) is 15.2 Å². The number of benzene rings is 1. The molecule has 1 heterocycles. The zero-order chi connectivity index (χ0) is 14.7. The van der Waals surface area contributed by atoms with Crippen LogP contribution in [0.2, 0.25) is 0 Å². The lowest BCUT2D eigenvalue weighted by Crippen LogP contribution is -2.17. The number of aromatic nitrogens is 2. The molecule has 1 aromatic carbocycles. The molecule has 0 radical (unpaired) electrons. The van der Waals surface area contributed by atoms with Crippen molar-refractivity contribution in [3.8, 4) is 22.9 Å². The predicted molar refractivity (Wildman–Crippen MR) is 77.2 cm³/mol. The number of ether oxygens (including phenoxy) is 2. The average molecular weight is 275 g/mol. The molecule has 0 unspecified atom stereocenters. The first-order chi connectivity index (χ1) is 9.60. The number of nitrogen functional groups attached to an aromatic ring is 1. The highest BCUT2D eigenvalue weighted by Gasteiger charge is 2.11. The molecular weight excluding hydrogens is 258 g/mol. The molecule has 20 heavy (non-hydrogen) atoms. The van der Waals surface area contributed by atoms with Crippen molar-refractivity contribution in [1.29, 1.82) is 0 Å². The van der Waals surface area contributed by atoms with Gasteiger partial charge >= 0.3 is 0 Å². The first-order valence-corrected chi connectivity index (χ1v) is 6.21.